The number of carbonyl (C=O) groups excluding carboxylic acids is 1. The van der Waals surface area contributed by atoms with Gasteiger partial charge in [-0.25, -0.2) is 9.48 Å². The minimum Gasteiger partial charge on any atom is -0.334 e. The minimum atomic E-state index is -0.230. The molecule has 0 unspecified atom stereocenters. The van der Waals surface area contributed by atoms with E-state index in [1.807, 2.05) is 44.2 Å². The third-order valence-corrected chi connectivity index (χ3v) is 2.70. The zero-order chi connectivity index (χ0) is 13.7. The van der Waals surface area contributed by atoms with Gasteiger partial charge in [0.25, 0.3) is 0 Å². The van der Waals surface area contributed by atoms with Gasteiger partial charge in [0.1, 0.15) is 5.82 Å². The molecule has 0 spiro atoms. The molecule has 0 saturated carbocycles. The number of nitrogens with one attached hydrogen (secondary N) is 2. The first kappa shape index (κ1) is 13.1. The topological polar surface area (TPSA) is 59.0 Å². The summed E-state index contributed by atoms with van der Waals surface area (Å²) < 4.78 is 1.77. The van der Waals surface area contributed by atoms with Gasteiger partial charge in [0.15, 0.2) is 0 Å². The molecule has 2 rings (SSSR count). The number of nitrogens with zero attached hydrogens (tertiary/aromatic N) is 2. The smallest absolute Gasteiger partial charge is 0.320 e. The van der Waals surface area contributed by atoms with Gasteiger partial charge in [-0.15, -0.1) is 0 Å². The SMILES string of the molecule is CC(C)n1nccc1NC(=O)NCc1ccccc1. The van der Waals surface area contributed by atoms with Crippen LogP contribution in [0.25, 0.3) is 0 Å². The highest BCUT2D eigenvalue weighted by Gasteiger charge is 2.08. The van der Waals surface area contributed by atoms with Crippen LogP contribution in [0.1, 0.15) is 25.5 Å². The van der Waals surface area contributed by atoms with Crippen molar-refractivity contribution in [3.05, 3.63) is 48.2 Å². The maximum Gasteiger partial charge on any atom is 0.320 e. The van der Waals surface area contributed by atoms with Gasteiger partial charge >= 0.3 is 6.03 Å². The van der Waals surface area contributed by atoms with Crippen molar-refractivity contribution in [2.24, 2.45) is 0 Å². The van der Waals surface area contributed by atoms with Crippen LogP contribution in [0, 0.1) is 0 Å². The van der Waals surface area contributed by atoms with E-state index in [2.05, 4.69) is 15.7 Å². The highest BCUT2D eigenvalue weighted by molar-refractivity contribution is 5.88. The van der Waals surface area contributed by atoms with Crippen LogP contribution in [0.15, 0.2) is 42.6 Å². The van der Waals surface area contributed by atoms with Crippen molar-refractivity contribution in [1.82, 2.24) is 15.1 Å². The number of amides is 2. The number of benzene rings is 1. The van der Waals surface area contributed by atoms with E-state index in [-0.39, 0.29) is 12.1 Å². The van der Waals surface area contributed by atoms with Crippen molar-refractivity contribution in [3.63, 3.8) is 0 Å². The third-order valence-electron chi connectivity index (χ3n) is 2.70. The van der Waals surface area contributed by atoms with E-state index in [1.165, 1.54) is 0 Å². The predicted octanol–water partition coefficient (Wildman–Crippen LogP) is 2.79. The molecule has 19 heavy (non-hydrogen) atoms. The molecule has 0 bridgehead atoms. The zero-order valence-corrected chi connectivity index (χ0v) is 11.1. The molecule has 5 nitrogen and oxygen atoms in total. The second-order valence-electron chi connectivity index (χ2n) is 4.55. The van der Waals surface area contributed by atoms with E-state index in [0.717, 1.165) is 5.56 Å². The molecule has 100 valence electrons. The van der Waals surface area contributed by atoms with Gasteiger partial charge in [0, 0.05) is 18.7 Å². The molecule has 1 heterocycles. The first-order chi connectivity index (χ1) is 9.16. The van der Waals surface area contributed by atoms with Crippen LogP contribution in [0.4, 0.5) is 10.6 Å². The molecule has 0 radical (unpaired) electrons. The van der Waals surface area contributed by atoms with Gasteiger partial charge in [-0.1, -0.05) is 30.3 Å². The molecule has 2 N–H and O–H groups in total. The van der Waals surface area contributed by atoms with Crippen molar-refractivity contribution in [2.75, 3.05) is 5.32 Å². The fourth-order valence-electron chi connectivity index (χ4n) is 1.76. The zero-order valence-electron chi connectivity index (χ0n) is 11.1. The summed E-state index contributed by atoms with van der Waals surface area (Å²) in [7, 11) is 0. The van der Waals surface area contributed by atoms with Crippen molar-refractivity contribution >= 4 is 11.8 Å². The largest absolute Gasteiger partial charge is 0.334 e. The molecule has 0 fully saturated rings. The summed E-state index contributed by atoms with van der Waals surface area (Å²) in [6.07, 6.45) is 1.67. The van der Waals surface area contributed by atoms with E-state index in [4.69, 9.17) is 0 Å². The quantitative estimate of drug-likeness (QED) is 0.886. The van der Waals surface area contributed by atoms with Crippen LogP contribution in [0.2, 0.25) is 0 Å². The van der Waals surface area contributed by atoms with E-state index in [9.17, 15) is 4.79 Å². The summed E-state index contributed by atoms with van der Waals surface area (Å²) >= 11 is 0. The Labute approximate surface area is 112 Å². The lowest BCUT2D eigenvalue weighted by Crippen LogP contribution is -2.29. The van der Waals surface area contributed by atoms with Gasteiger partial charge in [-0.3, -0.25) is 5.32 Å². The Kier molecular flexibility index (Phi) is 4.18. The number of anilines is 1. The molecule has 0 saturated heterocycles. The van der Waals surface area contributed by atoms with E-state index >= 15 is 0 Å². The van der Waals surface area contributed by atoms with Gasteiger partial charge in [0.05, 0.1) is 6.20 Å². The number of hydrogen-bond acceptors (Lipinski definition) is 2. The number of aromatic nitrogens is 2. The van der Waals surface area contributed by atoms with Gasteiger partial charge in [-0.2, -0.15) is 5.10 Å². The highest BCUT2D eigenvalue weighted by Crippen LogP contribution is 2.12. The van der Waals surface area contributed by atoms with Crippen LogP contribution in [-0.2, 0) is 6.54 Å². The summed E-state index contributed by atoms with van der Waals surface area (Å²) in [5, 5.41) is 9.77. The summed E-state index contributed by atoms with van der Waals surface area (Å²) in [5.41, 5.74) is 1.06. The molecule has 0 aliphatic heterocycles. The minimum absolute atomic E-state index is 0.208. The van der Waals surface area contributed by atoms with Crippen molar-refractivity contribution in [1.29, 1.82) is 0 Å². The molecular weight excluding hydrogens is 240 g/mol. The van der Waals surface area contributed by atoms with Crippen LogP contribution >= 0.6 is 0 Å². The normalized spacial score (nSPS) is 10.5. The monoisotopic (exact) mass is 258 g/mol. The summed E-state index contributed by atoms with van der Waals surface area (Å²) in [6.45, 7) is 4.53. The molecule has 1 aromatic carbocycles. The molecule has 0 atom stereocenters. The second-order valence-corrected chi connectivity index (χ2v) is 4.55. The number of rotatable bonds is 4. The number of urea groups is 1. The van der Waals surface area contributed by atoms with E-state index in [0.29, 0.717) is 12.4 Å². The average Bonchev–Trinajstić information content (AvgIpc) is 2.86. The Balaban J connectivity index is 1.89. The predicted molar refractivity (Wildman–Crippen MR) is 74.9 cm³/mol. The second kappa shape index (κ2) is 6.04. The Morgan fingerprint density at radius 2 is 2.00 bits per heavy atom. The third kappa shape index (κ3) is 3.58. The Morgan fingerprint density at radius 3 is 2.68 bits per heavy atom. The molecule has 2 aromatic rings. The maximum absolute atomic E-state index is 11.8. The summed E-state index contributed by atoms with van der Waals surface area (Å²) in [4.78, 5) is 11.8. The lowest BCUT2D eigenvalue weighted by Gasteiger charge is -2.12. The van der Waals surface area contributed by atoms with Gasteiger partial charge in [0.2, 0.25) is 0 Å². The van der Waals surface area contributed by atoms with Crippen molar-refractivity contribution in [3.8, 4) is 0 Å². The van der Waals surface area contributed by atoms with Crippen LogP contribution in [0.5, 0.6) is 0 Å². The van der Waals surface area contributed by atoms with Crippen molar-refractivity contribution < 1.29 is 4.79 Å². The van der Waals surface area contributed by atoms with Crippen LogP contribution < -0.4 is 10.6 Å². The van der Waals surface area contributed by atoms with Crippen molar-refractivity contribution in [2.45, 2.75) is 26.4 Å². The molecule has 2 amide bonds. The van der Waals surface area contributed by atoms with E-state index < -0.39 is 0 Å². The lowest BCUT2D eigenvalue weighted by molar-refractivity contribution is 0.251. The van der Waals surface area contributed by atoms with Crippen LogP contribution in [-0.4, -0.2) is 15.8 Å². The first-order valence-corrected chi connectivity index (χ1v) is 6.29. The van der Waals surface area contributed by atoms with Gasteiger partial charge < -0.3 is 5.32 Å². The molecular formula is C14H18N4O. The lowest BCUT2D eigenvalue weighted by atomic mass is 10.2. The Hall–Kier alpha value is -2.30. The highest BCUT2D eigenvalue weighted by atomic mass is 16.2. The van der Waals surface area contributed by atoms with Crippen LogP contribution in [0.3, 0.4) is 0 Å². The molecule has 5 heteroatoms. The number of carbonyl (C=O) groups is 1. The van der Waals surface area contributed by atoms with E-state index in [1.54, 1.807) is 16.9 Å². The molecule has 0 aliphatic carbocycles. The Bertz CT molecular complexity index is 533. The molecule has 0 aliphatic rings. The Morgan fingerprint density at radius 1 is 1.26 bits per heavy atom. The average molecular weight is 258 g/mol. The maximum atomic E-state index is 11.8. The fourth-order valence-corrected chi connectivity index (χ4v) is 1.76. The van der Waals surface area contributed by atoms with Gasteiger partial charge in [-0.05, 0) is 19.4 Å². The number of hydrogen-bond donors (Lipinski definition) is 2. The molecule has 1 aromatic heterocycles. The fraction of sp³-hybridized carbons (Fsp3) is 0.286. The standard InChI is InChI=1S/C14H18N4O/c1-11(2)18-13(8-9-16-18)17-14(19)15-10-12-6-4-3-5-7-12/h3-9,11H,10H2,1-2H3,(H2,15,17,19). The first-order valence-electron chi connectivity index (χ1n) is 6.29. The summed E-state index contributed by atoms with van der Waals surface area (Å²) in [5.74, 6) is 0.695. The summed E-state index contributed by atoms with van der Waals surface area (Å²) in [6, 6.07) is 11.5.